The van der Waals surface area contributed by atoms with Crippen LogP contribution in [-0.2, 0) is 0 Å². The first-order valence-corrected chi connectivity index (χ1v) is 6.06. The summed E-state index contributed by atoms with van der Waals surface area (Å²) in [6.45, 7) is 5.51. The number of benzene rings is 1. The summed E-state index contributed by atoms with van der Waals surface area (Å²) in [6.07, 6.45) is 1.18. The Morgan fingerprint density at radius 2 is 2.07 bits per heavy atom. The van der Waals surface area contributed by atoms with Gasteiger partial charge in [0.1, 0.15) is 0 Å². The van der Waals surface area contributed by atoms with Crippen LogP contribution in [-0.4, -0.2) is 13.6 Å². The van der Waals surface area contributed by atoms with Gasteiger partial charge in [-0.2, -0.15) is 0 Å². The maximum Gasteiger partial charge on any atom is 0.0608 e. The smallest absolute Gasteiger partial charge is 0.0608 e. The first-order chi connectivity index (χ1) is 7.00. The van der Waals surface area contributed by atoms with E-state index < -0.39 is 0 Å². The van der Waals surface area contributed by atoms with E-state index in [0.29, 0.717) is 0 Å². The third-order valence-electron chi connectivity index (χ3n) is 2.45. The van der Waals surface area contributed by atoms with E-state index in [1.165, 1.54) is 6.42 Å². The molecule has 0 unspecified atom stereocenters. The Bertz CT molecular complexity index is 323. The standard InChI is InChI=1S/C12H19BrN2/c1-9(2)6-7-15(3)12-8-10(13)4-5-11(12)14/h4-5,8-9H,6-7,14H2,1-3H3. The molecule has 0 atom stereocenters. The normalized spacial score (nSPS) is 10.7. The largest absolute Gasteiger partial charge is 0.397 e. The van der Waals surface area contributed by atoms with E-state index >= 15 is 0 Å². The van der Waals surface area contributed by atoms with Crippen molar-refractivity contribution in [2.24, 2.45) is 5.92 Å². The molecule has 84 valence electrons. The fourth-order valence-electron chi connectivity index (χ4n) is 1.42. The predicted octanol–water partition coefficient (Wildman–Crippen LogP) is 3.51. The van der Waals surface area contributed by atoms with E-state index in [4.69, 9.17) is 5.73 Å². The van der Waals surface area contributed by atoms with Gasteiger partial charge in [-0.05, 0) is 30.5 Å². The molecule has 0 spiro atoms. The Hall–Kier alpha value is -0.700. The van der Waals surface area contributed by atoms with E-state index in [9.17, 15) is 0 Å². The molecule has 0 amide bonds. The van der Waals surface area contributed by atoms with Crippen LogP contribution in [0.1, 0.15) is 20.3 Å². The van der Waals surface area contributed by atoms with E-state index in [1.54, 1.807) is 0 Å². The fraction of sp³-hybridized carbons (Fsp3) is 0.500. The first-order valence-electron chi connectivity index (χ1n) is 5.27. The van der Waals surface area contributed by atoms with Gasteiger partial charge >= 0.3 is 0 Å². The zero-order valence-electron chi connectivity index (χ0n) is 9.63. The van der Waals surface area contributed by atoms with Crippen LogP contribution in [0, 0.1) is 5.92 Å². The van der Waals surface area contributed by atoms with Crippen molar-refractivity contribution >= 4 is 27.3 Å². The second-order valence-corrected chi connectivity index (χ2v) is 5.22. The van der Waals surface area contributed by atoms with Crippen LogP contribution in [0.25, 0.3) is 0 Å². The van der Waals surface area contributed by atoms with E-state index in [0.717, 1.165) is 28.3 Å². The highest BCUT2D eigenvalue weighted by molar-refractivity contribution is 9.10. The number of rotatable bonds is 4. The summed E-state index contributed by atoms with van der Waals surface area (Å²) in [7, 11) is 2.08. The highest BCUT2D eigenvalue weighted by Crippen LogP contribution is 2.26. The van der Waals surface area contributed by atoms with Crippen molar-refractivity contribution in [1.29, 1.82) is 0 Å². The molecule has 0 aliphatic rings. The number of nitrogens with zero attached hydrogens (tertiary/aromatic N) is 1. The molecule has 0 heterocycles. The van der Waals surface area contributed by atoms with Crippen LogP contribution < -0.4 is 10.6 Å². The molecule has 0 aliphatic heterocycles. The monoisotopic (exact) mass is 270 g/mol. The molecular formula is C12H19BrN2. The number of hydrogen-bond donors (Lipinski definition) is 1. The summed E-state index contributed by atoms with van der Waals surface area (Å²) < 4.78 is 1.07. The zero-order valence-corrected chi connectivity index (χ0v) is 11.2. The van der Waals surface area contributed by atoms with Gasteiger partial charge in [-0.15, -0.1) is 0 Å². The molecule has 0 aromatic heterocycles. The minimum Gasteiger partial charge on any atom is -0.397 e. The second kappa shape index (κ2) is 5.40. The Balaban J connectivity index is 2.72. The molecule has 2 N–H and O–H groups in total. The van der Waals surface area contributed by atoms with E-state index in [-0.39, 0.29) is 0 Å². The van der Waals surface area contributed by atoms with Gasteiger partial charge in [0, 0.05) is 18.1 Å². The maximum atomic E-state index is 5.93. The van der Waals surface area contributed by atoms with Crippen molar-refractivity contribution in [2.45, 2.75) is 20.3 Å². The lowest BCUT2D eigenvalue weighted by Crippen LogP contribution is -2.20. The van der Waals surface area contributed by atoms with Gasteiger partial charge < -0.3 is 10.6 Å². The third kappa shape index (κ3) is 3.74. The third-order valence-corrected chi connectivity index (χ3v) is 2.94. The van der Waals surface area contributed by atoms with Gasteiger partial charge in [0.25, 0.3) is 0 Å². The number of nitrogens with two attached hydrogens (primary N) is 1. The Kier molecular flexibility index (Phi) is 4.45. The van der Waals surface area contributed by atoms with Crippen molar-refractivity contribution in [3.8, 4) is 0 Å². The van der Waals surface area contributed by atoms with Crippen molar-refractivity contribution in [2.75, 3.05) is 24.2 Å². The minimum atomic E-state index is 0.723. The van der Waals surface area contributed by atoms with Gasteiger partial charge in [0.15, 0.2) is 0 Å². The number of halogens is 1. The lowest BCUT2D eigenvalue weighted by Gasteiger charge is -2.22. The maximum absolute atomic E-state index is 5.93. The molecule has 15 heavy (non-hydrogen) atoms. The second-order valence-electron chi connectivity index (χ2n) is 4.31. The average molecular weight is 271 g/mol. The highest BCUT2D eigenvalue weighted by Gasteiger charge is 2.06. The molecule has 0 bridgehead atoms. The Morgan fingerprint density at radius 3 is 2.67 bits per heavy atom. The van der Waals surface area contributed by atoms with Crippen molar-refractivity contribution < 1.29 is 0 Å². The molecule has 0 radical (unpaired) electrons. The molecule has 0 aliphatic carbocycles. The summed E-state index contributed by atoms with van der Waals surface area (Å²) in [5.74, 6) is 0.723. The van der Waals surface area contributed by atoms with Gasteiger partial charge in [-0.1, -0.05) is 29.8 Å². The lowest BCUT2D eigenvalue weighted by atomic mass is 10.1. The first kappa shape index (κ1) is 12.4. The topological polar surface area (TPSA) is 29.3 Å². The van der Waals surface area contributed by atoms with Crippen LogP contribution in [0.15, 0.2) is 22.7 Å². The van der Waals surface area contributed by atoms with Crippen molar-refractivity contribution in [3.63, 3.8) is 0 Å². The van der Waals surface area contributed by atoms with Crippen LogP contribution in [0.5, 0.6) is 0 Å². The van der Waals surface area contributed by atoms with Crippen molar-refractivity contribution in [3.05, 3.63) is 22.7 Å². The Morgan fingerprint density at radius 1 is 1.40 bits per heavy atom. The summed E-state index contributed by atoms with van der Waals surface area (Å²) in [5, 5.41) is 0. The molecule has 0 saturated carbocycles. The molecule has 2 nitrogen and oxygen atoms in total. The van der Waals surface area contributed by atoms with Crippen LogP contribution in [0.3, 0.4) is 0 Å². The van der Waals surface area contributed by atoms with Gasteiger partial charge in [-0.3, -0.25) is 0 Å². The number of hydrogen-bond acceptors (Lipinski definition) is 2. The molecule has 1 aromatic rings. The van der Waals surface area contributed by atoms with Gasteiger partial charge in [0.05, 0.1) is 11.4 Å². The van der Waals surface area contributed by atoms with Gasteiger partial charge in [0.2, 0.25) is 0 Å². The number of anilines is 2. The molecular weight excluding hydrogens is 252 g/mol. The zero-order chi connectivity index (χ0) is 11.4. The predicted molar refractivity (Wildman–Crippen MR) is 71.3 cm³/mol. The SMILES string of the molecule is CC(C)CCN(C)c1cc(Br)ccc1N. The molecule has 1 rings (SSSR count). The molecule has 3 heteroatoms. The number of nitrogen functional groups attached to an aromatic ring is 1. The highest BCUT2D eigenvalue weighted by atomic mass is 79.9. The summed E-state index contributed by atoms with van der Waals surface area (Å²) in [5.41, 5.74) is 7.87. The fourth-order valence-corrected chi connectivity index (χ4v) is 1.77. The van der Waals surface area contributed by atoms with Crippen LogP contribution >= 0.6 is 15.9 Å². The lowest BCUT2D eigenvalue weighted by molar-refractivity contribution is 0.585. The summed E-state index contributed by atoms with van der Waals surface area (Å²) in [6, 6.07) is 5.97. The molecule has 0 fully saturated rings. The Labute approximate surface area is 101 Å². The molecule has 1 aromatic carbocycles. The van der Waals surface area contributed by atoms with Crippen LogP contribution in [0.4, 0.5) is 11.4 Å². The van der Waals surface area contributed by atoms with E-state index in [1.807, 2.05) is 12.1 Å². The van der Waals surface area contributed by atoms with Gasteiger partial charge in [-0.25, -0.2) is 0 Å². The summed E-state index contributed by atoms with van der Waals surface area (Å²) >= 11 is 3.46. The minimum absolute atomic E-state index is 0.723. The van der Waals surface area contributed by atoms with Crippen LogP contribution in [0.2, 0.25) is 0 Å². The van der Waals surface area contributed by atoms with E-state index in [2.05, 4.69) is 47.8 Å². The molecule has 0 saturated heterocycles. The average Bonchev–Trinajstić information content (AvgIpc) is 2.18. The van der Waals surface area contributed by atoms with Crippen molar-refractivity contribution in [1.82, 2.24) is 0 Å². The quantitative estimate of drug-likeness (QED) is 0.849. The summed E-state index contributed by atoms with van der Waals surface area (Å²) in [4.78, 5) is 2.21.